The number of carbonyl (C=O) groups is 2. The number of nitrogens with zero attached hydrogens (tertiary/aromatic N) is 3. The number of hydrogen-bond donors (Lipinski definition) is 2. The number of hydrogen-bond acceptors (Lipinski definition) is 5. The van der Waals surface area contributed by atoms with E-state index in [1.54, 1.807) is 41.8 Å². The van der Waals surface area contributed by atoms with Crippen molar-refractivity contribution in [3.63, 3.8) is 0 Å². The van der Waals surface area contributed by atoms with E-state index in [0.717, 1.165) is 5.56 Å². The first-order valence-electron chi connectivity index (χ1n) is 9.63. The maximum atomic E-state index is 13.4. The van der Waals surface area contributed by atoms with Crippen molar-refractivity contribution in [3.8, 4) is 0 Å². The average molecular weight is 518 g/mol. The summed E-state index contributed by atoms with van der Waals surface area (Å²) in [7, 11) is 0. The topological polar surface area (TPSA) is 88.9 Å². The van der Waals surface area contributed by atoms with Crippen LogP contribution in [0.4, 0.5) is 10.1 Å². The molecule has 0 unspecified atom stereocenters. The quantitative estimate of drug-likeness (QED) is 0.325. The van der Waals surface area contributed by atoms with Crippen molar-refractivity contribution < 1.29 is 14.0 Å². The van der Waals surface area contributed by atoms with Gasteiger partial charge in [-0.2, -0.15) is 0 Å². The number of carbonyl (C=O) groups excluding carboxylic acids is 2. The second kappa shape index (κ2) is 11.1. The van der Waals surface area contributed by atoms with Crippen LogP contribution in [-0.2, 0) is 17.9 Å². The molecule has 0 atom stereocenters. The predicted octanol–water partition coefficient (Wildman–Crippen LogP) is 4.33. The van der Waals surface area contributed by atoms with Crippen molar-refractivity contribution in [1.82, 2.24) is 20.1 Å². The van der Waals surface area contributed by atoms with Crippen molar-refractivity contribution in [1.29, 1.82) is 0 Å². The third kappa shape index (κ3) is 6.04. The minimum Gasteiger partial charge on any atom is -0.345 e. The van der Waals surface area contributed by atoms with Gasteiger partial charge in [0, 0.05) is 16.7 Å². The lowest BCUT2D eigenvalue weighted by atomic mass is 10.2. The Morgan fingerprint density at radius 3 is 2.78 bits per heavy atom. The maximum absolute atomic E-state index is 13.4. The molecule has 0 spiro atoms. The molecule has 1 heterocycles. The summed E-state index contributed by atoms with van der Waals surface area (Å²) in [5, 5.41) is 14.3. The van der Waals surface area contributed by atoms with Crippen LogP contribution in [0.3, 0.4) is 0 Å². The fourth-order valence-corrected chi connectivity index (χ4v) is 4.05. The van der Waals surface area contributed by atoms with Crippen LogP contribution >= 0.6 is 27.7 Å². The fourth-order valence-electron chi connectivity index (χ4n) is 2.81. The second-order valence-electron chi connectivity index (χ2n) is 6.76. The Hall–Kier alpha value is -2.98. The molecule has 2 amide bonds. The first kappa shape index (κ1) is 23.7. The van der Waals surface area contributed by atoms with Gasteiger partial charge in [0.15, 0.2) is 11.0 Å². The molecule has 0 bridgehead atoms. The van der Waals surface area contributed by atoms with E-state index >= 15 is 0 Å². The summed E-state index contributed by atoms with van der Waals surface area (Å²) < 4.78 is 15.9. The molecule has 166 valence electrons. The van der Waals surface area contributed by atoms with Crippen molar-refractivity contribution in [2.75, 3.05) is 11.1 Å². The summed E-state index contributed by atoms with van der Waals surface area (Å²) in [5.74, 6) is -0.354. The minimum absolute atomic E-state index is 0.0640. The van der Waals surface area contributed by atoms with E-state index in [2.05, 4.69) is 43.3 Å². The van der Waals surface area contributed by atoms with Crippen LogP contribution in [0.2, 0.25) is 0 Å². The van der Waals surface area contributed by atoms with Crippen molar-refractivity contribution >= 4 is 45.2 Å². The van der Waals surface area contributed by atoms with Crippen LogP contribution in [0, 0.1) is 12.7 Å². The predicted molar refractivity (Wildman–Crippen MR) is 126 cm³/mol. The Morgan fingerprint density at radius 2 is 2.03 bits per heavy atom. The Balaban J connectivity index is 1.63. The molecule has 0 aliphatic heterocycles. The van der Waals surface area contributed by atoms with Crippen LogP contribution in [0.15, 0.2) is 64.7 Å². The molecule has 10 heteroatoms. The van der Waals surface area contributed by atoms with Gasteiger partial charge in [0.1, 0.15) is 5.82 Å². The summed E-state index contributed by atoms with van der Waals surface area (Å²) in [4.78, 5) is 24.8. The molecule has 2 aromatic carbocycles. The lowest BCUT2D eigenvalue weighted by Gasteiger charge is -2.10. The molecule has 7 nitrogen and oxygen atoms in total. The number of benzene rings is 2. The standard InChI is InChI=1S/C22H21BrFN5O2S/c1-3-10-29-19(12-25-21(31)16-6-4-5-7-17(16)23)27-28-22(29)32-13-20(30)26-18-11-15(24)9-8-14(18)2/h3-9,11H,1,10,12-13H2,2H3,(H,25,31)(H,26,30). The van der Waals surface area contributed by atoms with Gasteiger partial charge < -0.3 is 15.2 Å². The summed E-state index contributed by atoms with van der Waals surface area (Å²) in [6.07, 6.45) is 1.68. The van der Waals surface area contributed by atoms with Crippen LogP contribution in [0.1, 0.15) is 21.7 Å². The number of thioether (sulfide) groups is 1. The zero-order chi connectivity index (χ0) is 23.1. The third-order valence-corrected chi connectivity index (χ3v) is 6.09. The number of anilines is 1. The molecule has 0 aliphatic rings. The molecular formula is C22H21BrFN5O2S. The van der Waals surface area contributed by atoms with Gasteiger partial charge in [0.25, 0.3) is 5.91 Å². The van der Waals surface area contributed by atoms with Gasteiger partial charge in [0.2, 0.25) is 5.91 Å². The molecule has 0 aliphatic carbocycles. The highest BCUT2D eigenvalue weighted by atomic mass is 79.9. The van der Waals surface area contributed by atoms with E-state index in [1.165, 1.54) is 23.9 Å². The number of rotatable bonds is 9. The Bertz CT molecular complexity index is 1150. The SMILES string of the molecule is C=CCn1c(CNC(=O)c2ccccc2Br)nnc1SCC(=O)Nc1cc(F)ccc1C. The minimum atomic E-state index is -0.418. The van der Waals surface area contributed by atoms with Crippen LogP contribution < -0.4 is 10.6 Å². The van der Waals surface area contributed by atoms with E-state index in [1.807, 2.05) is 6.07 Å². The van der Waals surface area contributed by atoms with Gasteiger partial charge in [0.05, 0.1) is 17.9 Å². The normalized spacial score (nSPS) is 10.6. The zero-order valence-electron chi connectivity index (χ0n) is 17.3. The smallest absolute Gasteiger partial charge is 0.252 e. The highest BCUT2D eigenvalue weighted by Gasteiger charge is 2.16. The Morgan fingerprint density at radius 1 is 1.25 bits per heavy atom. The van der Waals surface area contributed by atoms with E-state index in [4.69, 9.17) is 0 Å². The zero-order valence-corrected chi connectivity index (χ0v) is 19.7. The largest absolute Gasteiger partial charge is 0.345 e. The van der Waals surface area contributed by atoms with Crippen molar-refractivity contribution in [2.24, 2.45) is 0 Å². The molecule has 32 heavy (non-hydrogen) atoms. The van der Waals surface area contributed by atoms with Crippen LogP contribution in [-0.4, -0.2) is 32.3 Å². The molecule has 0 fully saturated rings. The van der Waals surface area contributed by atoms with Crippen molar-refractivity contribution in [3.05, 3.63) is 82.4 Å². The van der Waals surface area contributed by atoms with Crippen molar-refractivity contribution in [2.45, 2.75) is 25.2 Å². The Labute approximate surface area is 197 Å². The van der Waals surface area contributed by atoms with Gasteiger partial charge in [-0.1, -0.05) is 36.0 Å². The highest BCUT2D eigenvalue weighted by Crippen LogP contribution is 2.20. The molecule has 2 N–H and O–H groups in total. The summed E-state index contributed by atoms with van der Waals surface area (Å²) >= 11 is 4.56. The van der Waals surface area contributed by atoms with Crippen LogP contribution in [0.5, 0.6) is 0 Å². The highest BCUT2D eigenvalue weighted by molar-refractivity contribution is 9.10. The van der Waals surface area contributed by atoms with Gasteiger partial charge in [-0.25, -0.2) is 4.39 Å². The number of aromatic nitrogens is 3. The van der Waals surface area contributed by atoms with E-state index < -0.39 is 5.82 Å². The number of aryl methyl sites for hydroxylation is 1. The van der Waals surface area contributed by atoms with E-state index in [0.29, 0.717) is 33.2 Å². The summed E-state index contributed by atoms with van der Waals surface area (Å²) in [6.45, 7) is 6.12. The van der Waals surface area contributed by atoms with Gasteiger partial charge in [-0.15, -0.1) is 16.8 Å². The van der Waals surface area contributed by atoms with Gasteiger partial charge >= 0.3 is 0 Å². The number of amides is 2. The molecule has 1 aromatic heterocycles. The summed E-state index contributed by atoms with van der Waals surface area (Å²) in [6, 6.07) is 11.3. The fraction of sp³-hybridized carbons (Fsp3) is 0.182. The van der Waals surface area contributed by atoms with Crippen LogP contribution in [0.25, 0.3) is 0 Å². The first-order valence-corrected chi connectivity index (χ1v) is 11.4. The molecule has 0 saturated carbocycles. The number of halogens is 2. The lowest BCUT2D eigenvalue weighted by molar-refractivity contribution is -0.113. The Kier molecular flexibility index (Phi) is 8.18. The number of nitrogens with one attached hydrogen (secondary N) is 2. The average Bonchev–Trinajstić information content (AvgIpc) is 3.15. The second-order valence-corrected chi connectivity index (χ2v) is 8.55. The third-order valence-electron chi connectivity index (χ3n) is 4.44. The first-order chi connectivity index (χ1) is 15.4. The molecule has 3 rings (SSSR count). The van der Waals surface area contributed by atoms with E-state index in [9.17, 15) is 14.0 Å². The van der Waals surface area contributed by atoms with E-state index in [-0.39, 0.29) is 24.1 Å². The maximum Gasteiger partial charge on any atom is 0.252 e. The lowest BCUT2D eigenvalue weighted by Crippen LogP contribution is -2.25. The molecule has 3 aromatic rings. The monoisotopic (exact) mass is 517 g/mol. The van der Waals surface area contributed by atoms with Gasteiger partial charge in [-0.3, -0.25) is 9.59 Å². The van der Waals surface area contributed by atoms with Gasteiger partial charge in [-0.05, 0) is 52.7 Å². The molecular weight excluding hydrogens is 497 g/mol. The number of allylic oxidation sites excluding steroid dienone is 1. The molecule has 0 saturated heterocycles. The summed E-state index contributed by atoms with van der Waals surface area (Å²) in [5.41, 5.74) is 1.71. The molecule has 0 radical (unpaired) electrons.